The first-order chi connectivity index (χ1) is 17.3. The van der Waals surface area contributed by atoms with Crippen molar-refractivity contribution in [2.45, 2.75) is 38.5 Å². The largest absolute Gasteiger partial charge is 0.479 e. The Kier molecular flexibility index (Phi) is 7.52. The van der Waals surface area contributed by atoms with Crippen molar-refractivity contribution >= 4 is 46.0 Å². The zero-order valence-electron chi connectivity index (χ0n) is 20.1. The third-order valence-corrected chi connectivity index (χ3v) is 7.88. The van der Waals surface area contributed by atoms with Gasteiger partial charge in [0.05, 0.1) is 16.1 Å². The summed E-state index contributed by atoms with van der Waals surface area (Å²) in [4.78, 5) is 25.8. The second kappa shape index (κ2) is 10.2. The summed E-state index contributed by atoms with van der Waals surface area (Å²) < 4.78 is 41.7. The third kappa shape index (κ3) is 5.30. The lowest BCUT2D eigenvalue weighted by atomic mass is 9.91. The quantitative estimate of drug-likeness (QED) is 0.422. The summed E-state index contributed by atoms with van der Waals surface area (Å²) in [5, 5.41) is 20.0. The summed E-state index contributed by atoms with van der Waals surface area (Å²) in [6, 6.07) is 7.11. The van der Waals surface area contributed by atoms with E-state index in [1.807, 2.05) is 0 Å². The fourth-order valence-corrected chi connectivity index (χ4v) is 5.48. The number of fused-ring (bicyclic) bond motifs is 1. The van der Waals surface area contributed by atoms with E-state index in [1.165, 1.54) is 6.07 Å². The van der Waals surface area contributed by atoms with Crippen LogP contribution in [-0.4, -0.2) is 50.8 Å². The van der Waals surface area contributed by atoms with E-state index in [4.69, 9.17) is 28.3 Å². The fourth-order valence-electron chi connectivity index (χ4n) is 4.89. The van der Waals surface area contributed by atoms with Crippen molar-refractivity contribution in [3.8, 4) is 0 Å². The predicted octanol–water partition coefficient (Wildman–Crippen LogP) is 5.70. The number of piperidine rings is 1. The van der Waals surface area contributed by atoms with E-state index in [-0.39, 0.29) is 36.0 Å². The molecule has 2 N–H and O–H groups in total. The molecule has 2 aromatic carbocycles. The van der Waals surface area contributed by atoms with Gasteiger partial charge in [-0.3, -0.25) is 4.79 Å². The van der Waals surface area contributed by atoms with Crippen molar-refractivity contribution in [3.05, 3.63) is 68.3 Å². The first-order valence-electron chi connectivity index (χ1n) is 11.6. The van der Waals surface area contributed by atoms with Gasteiger partial charge < -0.3 is 19.7 Å². The van der Waals surface area contributed by atoms with E-state index < -0.39 is 29.7 Å². The van der Waals surface area contributed by atoms with Crippen molar-refractivity contribution in [2.24, 2.45) is 13.0 Å². The number of aliphatic hydroxyl groups excluding tert-OH is 1. The number of alkyl halides is 3. The highest BCUT2D eigenvalue weighted by molar-refractivity contribution is 6.38. The number of halogens is 5. The van der Waals surface area contributed by atoms with Gasteiger partial charge in [0.1, 0.15) is 0 Å². The standard InChI is InChI=1S/C26H25Cl2F3N2O4/c1-13-9-15(26(29,30)31)10-21-18(13)11-16(32(21)2)12-19-20(27)4-3-17(22(19)28)24(35)33-7-5-14(6-8-33)23(34)25(36)37/h3-4,9-11,14,23,34H,5-8,12H2,1-2H3,(H,36,37). The van der Waals surface area contributed by atoms with Gasteiger partial charge in [-0.1, -0.05) is 23.2 Å². The lowest BCUT2D eigenvalue weighted by molar-refractivity contribution is -0.150. The number of carbonyl (C=O) groups excluding carboxylic acids is 1. The Balaban J connectivity index is 1.61. The van der Waals surface area contributed by atoms with Gasteiger partial charge in [0, 0.05) is 48.2 Å². The molecular weight excluding hydrogens is 532 g/mol. The van der Waals surface area contributed by atoms with Gasteiger partial charge in [-0.05, 0) is 67.1 Å². The van der Waals surface area contributed by atoms with Crippen LogP contribution in [-0.2, 0) is 24.4 Å². The number of carboxylic acids is 1. The van der Waals surface area contributed by atoms with E-state index in [9.17, 15) is 27.9 Å². The molecule has 2 heterocycles. The molecule has 0 aliphatic carbocycles. The number of hydrogen-bond acceptors (Lipinski definition) is 3. The summed E-state index contributed by atoms with van der Waals surface area (Å²) >= 11 is 13.1. The maximum absolute atomic E-state index is 13.3. The molecule has 0 radical (unpaired) electrons. The predicted molar refractivity (Wildman–Crippen MR) is 134 cm³/mol. The molecule has 1 atom stereocenters. The van der Waals surface area contributed by atoms with Crippen LogP contribution in [0.3, 0.4) is 0 Å². The number of aliphatic hydroxyl groups is 1. The minimum Gasteiger partial charge on any atom is -0.479 e. The van der Waals surface area contributed by atoms with E-state index in [2.05, 4.69) is 0 Å². The fraction of sp³-hybridized carbons (Fsp3) is 0.385. The van der Waals surface area contributed by atoms with Gasteiger partial charge in [0.15, 0.2) is 6.10 Å². The SMILES string of the molecule is Cc1cc(C(F)(F)F)cc2c1cc(Cc1c(Cl)ccc(C(=O)N3CCC(C(O)C(=O)O)CC3)c1Cl)n2C. The number of carboxylic acid groups (broad SMARTS) is 1. The maximum Gasteiger partial charge on any atom is 0.416 e. The van der Waals surface area contributed by atoms with Crippen LogP contribution in [0.1, 0.15) is 45.6 Å². The maximum atomic E-state index is 13.3. The zero-order valence-corrected chi connectivity index (χ0v) is 21.6. The monoisotopic (exact) mass is 556 g/mol. The van der Waals surface area contributed by atoms with Crippen LogP contribution >= 0.6 is 23.2 Å². The second-order valence-corrected chi connectivity index (χ2v) is 10.2. The van der Waals surface area contributed by atoms with E-state index in [0.29, 0.717) is 45.6 Å². The van der Waals surface area contributed by atoms with Crippen LogP contribution < -0.4 is 0 Å². The summed E-state index contributed by atoms with van der Waals surface area (Å²) in [5.74, 6) is -2.06. The summed E-state index contributed by atoms with van der Waals surface area (Å²) in [6.07, 6.45) is -5.07. The molecule has 11 heteroatoms. The van der Waals surface area contributed by atoms with Crippen LogP contribution in [0.15, 0.2) is 30.3 Å². The molecule has 4 rings (SSSR count). The van der Waals surface area contributed by atoms with E-state index in [1.54, 1.807) is 35.6 Å². The summed E-state index contributed by atoms with van der Waals surface area (Å²) in [7, 11) is 1.67. The first kappa shape index (κ1) is 27.3. The Bertz CT molecular complexity index is 1380. The number of hydrogen-bond donors (Lipinski definition) is 2. The molecule has 3 aromatic rings. The van der Waals surface area contributed by atoms with Gasteiger partial charge in [-0.15, -0.1) is 0 Å². The molecule has 1 aromatic heterocycles. The number of likely N-dealkylation sites (tertiary alicyclic amines) is 1. The van der Waals surface area contributed by atoms with Gasteiger partial charge in [0.25, 0.3) is 5.91 Å². The number of rotatable bonds is 5. The highest BCUT2D eigenvalue weighted by atomic mass is 35.5. The Labute approximate surface area is 221 Å². The molecular formula is C26H25Cl2F3N2O4. The average molecular weight is 557 g/mol. The Hall–Kier alpha value is -2.75. The number of aryl methyl sites for hydroxylation is 2. The highest BCUT2D eigenvalue weighted by Gasteiger charge is 2.33. The lowest BCUT2D eigenvalue weighted by Gasteiger charge is -2.33. The van der Waals surface area contributed by atoms with Gasteiger partial charge in [-0.2, -0.15) is 13.2 Å². The highest BCUT2D eigenvalue weighted by Crippen LogP contribution is 2.36. The molecule has 0 spiro atoms. The van der Waals surface area contributed by atoms with Crippen molar-refractivity contribution in [3.63, 3.8) is 0 Å². The number of amides is 1. The molecule has 1 aliphatic heterocycles. The lowest BCUT2D eigenvalue weighted by Crippen LogP contribution is -2.43. The Morgan fingerprint density at radius 2 is 1.78 bits per heavy atom. The first-order valence-corrected chi connectivity index (χ1v) is 12.4. The molecule has 1 fully saturated rings. The molecule has 0 bridgehead atoms. The third-order valence-electron chi connectivity index (χ3n) is 7.10. The van der Waals surface area contributed by atoms with Crippen LogP contribution in [0.4, 0.5) is 13.2 Å². The minimum absolute atomic E-state index is 0.156. The van der Waals surface area contributed by atoms with Crippen molar-refractivity contribution in [1.82, 2.24) is 9.47 Å². The molecule has 37 heavy (non-hydrogen) atoms. The second-order valence-electron chi connectivity index (χ2n) is 9.40. The van der Waals surface area contributed by atoms with Crippen LogP contribution in [0.2, 0.25) is 10.0 Å². The molecule has 1 aliphatic rings. The molecule has 6 nitrogen and oxygen atoms in total. The molecule has 1 unspecified atom stereocenters. The summed E-state index contributed by atoms with van der Waals surface area (Å²) in [5.41, 5.74) is 1.57. The minimum atomic E-state index is -4.47. The van der Waals surface area contributed by atoms with Gasteiger partial charge >= 0.3 is 12.1 Å². The number of carbonyl (C=O) groups is 2. The smallest absolute Gasteiger partial charge is 0.416 e. The number of nitrogens with zero attached hydrogens (tertiary/aromatic N) is 2. The molecule has 198 valence electrons. The average Bonchev–Trinajstić information content (AvgIpc) is 3.16. The topological polar surface area (TPSA) is 82.8 Å². The van der Waals surface area contributed by atoms with Crippen LogP contribution in [0, 0.1) is 12.8 Å². The van der Waals surface area contributed by atoms with Gasteiger partial charge in [0.2, 0.25) is 0 Å². The Morgan fingerprint density at radius 1 is 1.14 bits per heavy atom. The number of aliphatic carboxylic acids is 1. The zero-order chi connectivity index (χ0) is 27.2. The van der Waals surface area contributed by atoms with Gasteiger partial charge in [-0.25, -0.2) is 4.79 Å². The van der Waals surface area contributed by atoms with Crippen molar-refractivity contribution < 1.29 is 33.0 Å². The van der Waals surface area contributed by atoms with E-state index >= 15 is 0 Å². The molecule has 1 saturated heterocycles. The molecule has 1 amide bonds. The van der Waals surface area contributed by atoms with Crippen LogP contribution in [0.25, 0.3) is 10.9 Å². The van der Waals surface area contributed by atoms with Crippen molar-refractivity contribution in [1.29, 1.82) is 0 Å². The normalized spacial score (nSPS) is 15.8. The van der Waals surface area contributed by atoms with Crippen molar-refractivity contribution in [2.75, 3.05) is 13.1 Å². The van der Waals surface area contributed by atoms with E-state index in [0.717, 1.165) is 12.1 Å². The molecule has 0 saturated carbocycles. The van der Waals surface area contributed by atoms with Crippen LogP contribution in [0.5, 0.6) is 0 Å². The number of aromatic nitrogens is 1. The summed E-state index contributed by atoms with van der Waals surface area (Å²) in [6.45, 7) is 2.16. The Morgan fingerprint density at radius 3 is 2.38 bits per heavy atom. The number of benzene rings is 2.